The van der Waals surface area contributed by atoms with Crippen molar-refractivity contribution in [2.45, 2.75) is 38.1 Å². The minimum Gasteiger partial charge on any atom is -0.497 e. The molecule has 2 aliphatic rings. The number of allylic oxidation sites excluding steroid dienone is 1. The molecule has 1 aliphatic heterocycles. The van der Waals surface area contributed by atoms with Crippen molar-refractivity contribution in [2.75, 3.05) is 17.3 Å². The number of carbonyl (C=O) groups excluding carboxylic acids is 2. The van der Waals surface area contributed by atoms with Crippen LogP contribution >= 0.6 is 0 Å². The molecule has 0 saturated heterocycles. The molecule has 33 heavy (non-hydrogen) atoms. The van der Waals surface area contributed by atoms with E-state index in [1.165, 1.54) is 0 Å². The summed E-state index contributed by atoms with van der Waals surface area (Å²) in [6.45, 7) is 1.83. The highest BCUT2D eigenvalue weighted by molar-refractivity contribution is 6.06. The first-order chi connectivity index (χ1) is 16.1. The van der Waals surface area contributed by atoms with Gasteiger partial charge in [-0.15, -0.1) is 0 Å². The SMILES string of the molecule is CCC(=O)N1c2ccccc2NC2=C(C(=O)C[C@H](c3ccc(OC)cc3)C2)[C@H]1c1ccco1. The highest BCUT2D eigenvalue weighted by Crippen LogP contribution is 2.47. The van der Waals surface area contributed by atoms with Gasteiger partial charge >= 0.3 is 0 Å². The van der Waals surface area contributed by atoms with Crippen LogP contribution in [0.2, 0.25) is 0 Å². The Balaban J connectivity index is 1.65. The topological polar surface area (TPSA) is 71.8 Å². The van der Waals surface area contributed by atoms with E-state index in [-0.39, 0.29) is 17.6 Å². The highest BCUT2D eigenvalue weighted by Gasteiger charge is 2.42. The maximum Gasteiger partial charge on any atom is 0.227 e. The second-order valence-corrected chi connectivity index (χ2v) is 8.37. The smallest absolute Gasteiger partial charge is 0.227 e. The summed E-state index contributed by atoms with van der Waals surface area (Å²) in [6, 6.07) is 18.6. The van der Waals surface area contributed by atoms with Gasteiger partial charge in [0, 0.05) is 24.1 Å². The van der Waals surface area contributed by atoms with E-state index in [9.17, 15) is 9.59 Å². The number of ether oxygens (including phenoxy) is 1. The Bertz CT molecular complexity index is 1210. The van der Waals surface area contributed by atoms with Crippen molar-refractivity contribution >= 4 is 23.1 Å². The van der Waals surface area contributed by atoms with Crippen molar-refractivity contribution in [1.29, 1.82) is 0 Å². The van der Waals surface area contributed by atoms with E-state index in [2.05, 4.69) is 5.32 Å². The van der Waals surface area contributed by atoms with E-state index in [4.69, 9.17) is 9.15 Å². The summed E-state index contributed by atoms with van der Waals surface area (Å²) in [4.78, 5) is 28.6. The number of para-hydroxylation sites is 2. The Labute approximate surface area is 192 Å². The summed E-state index contributed by atoms with van der Waals surface area (Å²) in [5.41, 5.74) is 4.09. The highest BCUT2D eigenvalue weighted by atomic mass is 16.5. The van der Waals surface area contributed by atoms with Gasteiger partial charge < -0.3 is 14.5 Å². The minimum absolute atomic E-state index is 0.0210. The molecule has 2 aromatic carbocycles. The number of Topliss-reactive ketones (excluding diaryl/α,β-unsaturated/α-hetero) is 1. The number of hydrogen-bond donors (Lipinski definition) is 1. The second kappa shape index (κ2) is 8.62. The van der Waals surface area contributed by atoms with Gasteiger partial charge in [-0.3, -0.25) is 14.5 Å². The quantitative estimate of drug-likeness (QED) is 0.570. The Hall–Kier alpha value is -3.80. The lowest BCUT2D eigenvalue weighted by Gasteiger charge is -2.33. The average Bonchev–Trinajstić information content (AvgIpc) is 3.33. The third-order valence-corrected chi connectivity index (χ3v) is 6.46. The van der Waals surface area contributed by atoms with Crippen LogP contribution in [-0.2, 0) is 9.59 Å². The number of benzene rings is 2. The fourth-order valence-electron chi connectivity index (χ4n) is 4.86. The molecule has 0 spiro atoms. The van der Waals surface area contributed by atoms with Crippen LogP contribution in [0.1, 0.15) is 49.5 Å². The molecule has 6 heteroatoms. The van der Waals surface area contributed by atoms with Gasteiger partial charge in [-0.05, 0) is 54.3 Å². The molecule has 0 bridgehead atoms. The molecule has 2 heterocycles. The summed E-state index contributed by atoms with van der Waals surface area (Å²) < 4.78 is 11.1. The molecule has 1 amide bonds. The molecule has 5 rings (SSSR count). The Kier molecular flexibility index (Phi) is 5.50. The number of anilines is 2. The van der Waals surface area contributed by atoms with Gasteiger partial charge in [-0.1, -0.05) is 31.2 Å². The van der Waals surface area contributed by atoms with Crippen molar-refractivity contribution < 1.29 is 18.7 Å². The minimum atomic E-state index is -0.608. The molecule has 1 N–H and O–H groups in total. The predicted octanol–water partition coefficient (Wildman–Crippen LogP) is 5.60. The van der Waals surface area contributed by atoms with Crippen LogP contribution < -0.4 is 15.0 Å². The number of fused-ring (bicyclic) bond motifs is 1. The number of rotatable bonds is 4. The Morgan fingerprint density at radius 3 is 2.58 bits per heavy atom. The number of furan rings is 1. The van der Waals surface area contributed by atoms with Gasteiger partial charge in [0.15, 0.2) is 5.78 Å². The van der Waals surface area contributed by atoms with Crippen molar-refractivity contribution in [3.63, 3.8) is 0 Å². The number of carbonyl (C=O) groups is 2. The lowest BCUT2D eigenvalue weighted by atomic mass is 9.79. The summed E-state index contributed by atoms with van der Waals surface area (Å²) in [6.07, 6.45) is 2.93. The molecule has 1 aliphatic carbocycles. The largest absolute Gasteiger partial charge is 0.497 e. The average molecular weight is 443 g/mol. The van der Waals surface area contributed by atoms with E-state index in [0.29, 0.717) is 30.6 Å². The van der Waals surface area contributed by atoms with Crippen LogP contribution in [-0.4, -0.2) is 18.8 Å². The Morgan fingerprint density at radius 1 is 1.09 bits per heavy atom. The predicted molar refractivity (Wildman–Crippen MR) is 126 cm³/mol. The standard InChI is InChI=1S/C27H26N2O4/c1-3-25(31)29-22-8-5-4-7-20(22)28-21-15-18(17-10-12-19(32-2)13-11-17)16-23(30)26(21)27(29)24-9-6-14-33-24/h4-14,18,27-28H,3,15-16H2,1-2H3/t18-,27-/m1/s1. The van der Waals surface area contributed by atoms with Crippen LogP contribution in [0.15, 0.2) is 82.6 Å². The molecule has 6 nitrogen and oxygen atoms in total. The fraction of sp³-hybridized carbons (Fsp3) is 0.259. The first-order valence-corrected chi connectivity index (χ1v) is 11.2. The number of hydrogen-bond acceptors (Lipinski definition) is 5. The Morgan fingerprint density at radius 2 is 1.88 bits per heavy atom. The van der Waals surface area contributed by atoms with E-state index < -0.39 is 6.04 Å². The first kappa shape index (κ1) is 21.1. The van der Waals surface area contributed by atoms with Gasteiger partial charge in [-0.25, -0.2) is 0 Å². The van der Waals surface area contributed by atoms with E-state index in [1.807, 2.05) is 61.5 Å². The molecule has 0 radical (unpaired) electrons. The summed E-state index contributed by atoms with van der Waals surface area (Å²) >= 11 is 0. The van der Waals surface area contributed by atoms with Crippen molar-refractivity contribution in [2.24, 2.45) is 0 Å². The van der Waals surface area contributed by atoms with Crippen molar-refractivity contribution in [3.05, 3.63) is 89.5 Å². The maximum atomic E-state index is 13.7. The van der Waals surface area contributed by atoms with Crippen molar-refractivity contribution in [3.8, 4) is 5.75 Å². The molecular formula is C27H26N2O4. The monoisotopic (exact) mass is 442 g/mol. The molecule has 1 aromatic heterocycles. The number of nitrogens with one attached hydrogen (secondary N) is 1. The maximum absolute atomic E-state index is 13.7. The van der Waals surface area contributed by atoms with Gasteiger partial charge in [-0.2, -0.15) is 0 Å². The number of amides is 1. The zero-order chi connectivity index (χ0) is 22.9. The summed E-state index contributed by atoms with van der Waals surface area (Å²) in [5.74, 6) is 1.36. The summed E-state index contributed by atoms with van der Waals surface area (Å²) in [7, 11) is 1.64. The summed E-state index contributed by atoms with van der Waals surface area (Å²) in [5, 5.41) is 3.51. The lowest BCUT2D eigenvalue weighted by Crippen LogP contribution is -2.38. The molecule has 168 valence electrons. The molecule has 0 unspecified atom stereocenters. The van der Waals surface area contributed by atoms with Crippen LogP contribution in [0.25, 0.3) is 0 Å². The first-order valence-electron chi connectivity index (χ1n) is 11.2. The fourth-order valence-corrected chi connectivity index (χ4v) is 4.86. The lowest BCUT2D eigenvalue weighted by molar-refractivity contribution is -0.119. The van der Waals surface area contributed by atoms with Gasteiger partial charge in [0.05, 0.1) is 24.7 Å². The van der Waals surface area contributed by atoms with Gasteiger partial charge in [0.2, 0.25) is 5.91 Å². The number of ketones is 1. The normalized spacial score (nSPS) is 19.9. The van der Waals surface area contributed by atoms with Gasteiger partial charge in [0.25, 0.3) is 0 Å². The molecule has 0 saturated carbocycles. The van der Waals surface area contributed by atoms with Crippen LogP contribution in [0.3, 0.4) is 0 Å². The third kappa shape index (κ3) is 3.71. The molecular weight excluding hydrogens is 416 g/mol. The van der Waals surface area contributed by atoms with Crippen LogP contribution in [0.4, 0.5) is 11.4 Å². The van der Waals surface area contributed by atoms with E-state index in [0.717, 1.165) is 28.4 Å². The van der Waals surface area contributed by atoms with E-state index >= 15 is 0 Å². The molecule has 0 fully saturated rings. The number of nitrogens with zero attached hydrogens (tertiary/aromatic N) is 1. The van der Waals surface area contributed by atoms with Crippen molar-refractivity contribution in [1.82, 2.24) is 0 Å². The molecule has 3 aromatic rings. The van der Waals surface area contributed by atoms with E-state index in [1.54, 1.807) is 24.3 Å². The van der Waals surface area contributed by atoms with Crippen LogP contribution in [0, 0.1) is 0 Å². The second-order valence-electron chi connectivity index (χ2n) is 8.37. The van der Waals surface area contributed by atoms with Crippen LogP contribution in [0.5, 0.6) is 5.75 Å². The zero-order valence-corrected chi connectivity index (χ0v) is 18.7. The van der Waals surface area contributed by atoms with Gasteiger partial charge in [0.1, 0.15) is 17.6 Å². The molecule has 2 atom stereocenters. The number of methoxy groups -OCH3 is 1. The third-order valence-electron chi connectivity index (χ3n) is 6.46. The zero-order valence-electron chi connectivity index (χ0n) is 18.7.